The average Bonchev–Trinajstić information content (AvgIpc) is 3.08. The van der Waals surface area contributed by atoms with Crippen LogP contribution in [-0.4, -0.2) is 58.5 Å². The van der Waals surface area contributed by atoms with Crippen LogP contribution in [0.2, 0.25) is 0 Å². The summed E-state index contributed by atoms with van der Waals surface area (Å²) >= 11 is 0.806. The Morgan fingerprint density at radius 3 is 2.41 bits per heavy atom. The number of hydrogen-bond acceptors (Lipinski definition) is 8. The minimum Gasteiger partial charge on any atom is -0.493 e. The van der Waals surface area contributed by atoms with E-state index in [0.717, 1.165) is 47.9 Å². The fraction of sp³-hybridized carbons (Fsp3) is 0.346. The van der Waals surface area contributed by atoms with Crippen LogP contribution in [-0.2, 0) is 16.2 Å². The number of nitrogens with zero attached hydrogens (tertiary/aromatic N) is 3. The summed E-state index contributed by atoms with van der Waals surface area (Å²) in [7, 11) is 1.49. The molecule has 194 valence electrons. The van der Waals surface area contributed by atoms with Gasteiger partial charge in [-0.2, -0.15) is 0 Å². The molecule has 2 saturated heterocycles. The van der Waals surface area contributed by atoms with Gasteiger partial charge in [-0.05, 0) is 66.1 Å². The van der Waals surface area contributed by atoms with E-state index in [4.69, 9.17) is 9.47 Å². The molecule has 0 unspecified atom stereocenters. The van der Waals surface area contributed by atoms with Crippen molar-refractivity contribution in [3.8, 4) is 11.5 Å². The van der Waals surface area contributed by atoms with Gasteiger partial charge >= 0.3 is 0 Å². The summed E-state index contributed by atoms with van der Waals surface area (Å²) in [5.41, 5.74) is 1.38. The molecule has 2 aromatic rings. The number of carbonyl (C=O) groups is 3. The number of likely N-dealkylation sites (tertiary alicyclic amines) is 1. The Morgan fingerprint density at radius 1 is 1.05 bits per heavy atom. The quantitative estimate of drug-likeness (QED) is 0.278. The number of benzene rings is 2. The van der Waals surface area contributed by atoms with Crippen molar-refractivity contribution >= 4 is 40.6 Å². The number of amides is 3. The summed E-state index contributed by atoms with van der Waals surface area (Å²) < 4.78 is 11.2. The number of rotatable bonds is 8. The Hall–Kier alpha value is -3.86. The third-order valence-electron chi connectivity index (χ3n) is 6.15. The van der Waals surface area contributed by atoms with Crippen LogP contribution < -0.4 is 9.47 Å². The molecule has 2 aromatic carbocycles. The summed E-state index contributed by atoms with van der Waals surface area (Å²) in [6.07, 6.45) is 5.62. The Labute approximate surface area is 218 Å². The number of hydrogen-bond donors (Lipinski definition) is 0. The van der Waals surface area contributed by atoms with Crippen molar-refractivity contribution in [2.45, 2.75) is 32.3 Å². The third kappa shape index (κ3) is 6.48. The van der Waals surface area contributed by atoms with Crippen LogP contribution >= 0.6 is 11.8 Å². The first-order valence-electron chi connectivity index (χ1n) is 11.9. The maximum Gasteiger partial charge on any atom is 0.294 e. The maximum absolute atomic E-state index is 12.9. The molecule has 10 nitrogen and oxygen atoms in total. The highest BCUT2D eigenvalue weighted by Gasteiger charge is 2.37. The number of thioether (sulfide) groups is 1. The van der Waals surface area contributed by atoms with E-state index >= 15 is 0 Å². The first kappa shape index (κ1) is 26.2. The number of methoxy groups -OCH3 is 1. The second kappa shape index (κ2) is 11.9. The van der Waals surface area contributed by atoms with Gasteiger partial charge in [0.2, 0.25) is 5.91 Å². The zero-order chi connectivity index (χ0) is 26.4. The van der Waals surface area contributed by atoms with Crippen LogP contribution in [0.4, 0.5) is 10.5 Å². The van der Waals surface area contributed by atoms with Gasteiger partial charge in [-0.25, -0.2) is 0 Å². The average molecular weight is 526 g/mol. The van der Waals surface area contributed by atoms with E-state index in [1.54, 1.807) is 41.3 Å². The topological polar surface area (TPSA) is 119 Å². The number of ether oxygens (including phenoxy) is 2. The summed E-state index contributed by atoms with van der Waals surface area (Å²) in [6.45, 7) is 1.24. The standard InChI is InChI=1S/C26H27N3O7S/c1-35-22-14-19(8-11-21(22)36-17-18-6-9-20(10-7-18)29(33)34)15-23-25(31)28(26(32)37-23)16-24(30)27-12-4-2-3-5-13-27/h6-11,14-15H,2-5,12-13,16-17H2,1H3. The summed E-state index contributed by atoms with van der Waals surface area (Å²) in [5, 5.41) is 10.3. The molecule has 0 radical (unpaired) electrons. The second-order valence-electron chi connectivity index (χ2n) is 8.69. The molecule has 2 aliphatic rings. The van der Waals surface area contributed by atoms with Gasteiger partial charge in [-0.1, -0.05) is 18.9 Å². The van der Waals surface area contributed by atoms with Gasteiger partial charge in [0, 0.05) is 25.2 Å². The van der Waals surface area contributed by atoms with E-state index < -0.39 is 16.1 Å². The van der Waals surface area contributed by atoms with Gasteiger partial charge < -0.3 is 14.4 Å². The van der Waals surface area contributed by atoms with E-state index in [0.29, 0.717) is 30.2 Å². The molecule has 2 fully saturated rings. The molecule has 0 aromatic heterocycles. The maximum atomic E-state index is 12.9. The van der Waals surface area contributed by atoms with Crippen molar-refractivity contribution in [2.24, 2.45) is 0 Å². The minimum absolute atomic E-state index is 0.00130. The van der Waals surface area contributed by atoms with Crippen LogP contribution in [0, 0.1) is 10.1 Å². The number of nitro benzene ring substituents is 1. The van der Waals surface area contributed by atoms with E-state index in [1.807, 2.05) is 0 Å². The second-order valence-corrected chi connectivity index (χ2v) is 9.68. The highest BCUT2D eigenvalue weighted by molar-refractivity contribution is 8.18. The van der Waals surface area contributed by atoms with Gasteiger partial charge in [-0.3, -0.25) is 29.4 Å². The molecule has 0 saturated carbocycles. The lowest BCUT2D eigenvalue weighted by molar-refractivity contribution is -0.384. The Kier molecular flexibility index (Phi) is 8.44. The highest BCUT2D eigenvalue weighted by Crippen LogP contribution is 2.35. The predicted octanol–water partition coefficient (Wildman–Crippen LogP) is 4.62. The van der Waals surface area contributed by atoms with Crippen LogP contribution in [0.15, 0.2) is 47.4 Å². The lowest BCUT2D eigenvalue weighted by Crippen LogP contribution is -2.42. The van der Waals surface area contributed by atoms with E-state index in [-0.39, 0.29) is 29.7 Å². The molecule has 0 N–H and O–H groups in total. The van der Waals surface area contributed by atoms with Gasteiger partial charge in [0.05, 0.1) is 16.9 Å². The Bertz CT molecular complexity index is 1220. The molecule has 2 aliphatic heterocycles. The predicted molar refractivity (Wildman–Crippen MR) is 138 cm³/mol. The molecule has 0 spiro atoms. The fourth-order valence-corrected chi connectivity index (χ4v) is 4.95. The fourth-order valence-electron chi connectivity index (χ4n) is 4.11. The van der Waals surface area contributed by atoms with Crippen molar-refractivity contribution in [3.05, 3.63) is 68.6 Å². The lowest BCUT2D eigenvalue weighted by Gasteiger charge is -2.22. The van der Waals surface area contributed by atoms with Crippen molar-refractivity contribution in [1.29, 1.82) is 0 Å². The van der Waals surface area contributed by atoms with Gasteiger partial charge in [0.1, 0.15) is 13.2 Å². The molecular weight excluding hydrogens is 498 g/mol. The normalized spacial score (nSPS) is 17.2. The van der Waals surface area contributed by atoms with Crippen LogP contribution in [0.3, 0.4) is 0 Å². The largest absolute Gasteiger partial charge is 0.493 e. The Morgan fingerprint density at radius 2 is 1.76 bits per heavy atom. The smallest absolute Gasteiger partial charge is 0.294 e. The van der Waals surface area contributed by atoms with Gasteiger partial charge in [0.25, 0.3) is 16.8 Å². The first-order chi connectivity index (χ1) is 17.9. The van der Waals surface area contributed by atoms with E-state index in [1.165, 1.54) is 19.2 Å². The minimum atomic E-state index is -0.490. The molecular formula is C26H27N3O7S. The van der Waals surface area contributed by atoms with Gasteiger partial charge in [-0.15, -0.1) is 0 Å². The molecule has 0 aliphatic carbocycles. The van der Waals surface area contributed by atoms with Crippen molar-refractivity contribution < 1.29 is 28.8 Å². The molecule has 0 bridgehead atoms. The molecule has 37 heavy (non-hydrogen) atoms. The van der Waals surface area contributed by atoms with Crippen molar-refractivity contribution in [3.63, 3.8) is 0 Å². The summed E-state index contributed by atoms with van der Waals surface area (Å²) in [4.78, 5) is 51.4. The van der Waals surface area contributed by atoms with Crippen LogP contribution in [0.25, 0.3) is 6.08 Å². The molecule has 3 amide bonds. The number of carbonyl (C=O) groups excluding carboxylic acids is 3. The molecule has 2 heterocycles. The molecule has 4 rings (SSSR count). The van der Waals surface area contributed by atoms with Crippen LogP contribution in [0.5, 0.6) is 11.5 Å². The zero-order valence-corrected chi connectivity index (χ0v) is 21.2. The first-order valence-corrected chi connectivity index (χ1v) is 12.7. The number of non-ortho nitro benzene ring substituents is 1. The Balaban J connectivity index is 1.41. The van der Waals surface area contributed by atoms with Crippen molar-refractivity contribution in [1.82, 2.24) is 9.80 Å². The van der Waals surface area contributed by atoms with Gasteiger partial charge in [0.15, 0.2) is 11.5 Å². The number of imide groups is 1. The molecule has 11 heteroatoms. The SMILES string of the molecule is COc1cc(C=C2SC(=O)N(CC(=O)N3CCCCCC3)C2=O)ccc1OCc1ccc([N+](=O)[O-])cc1. The molecule has 0 atom stereocenters. The summed E-state index contributed by atoms with van der Waals surface area (Å²) in [6, 6.07) is 11.1. The number of nitro groups is 1. The monoisotopic (exact) mass is 525 g/mol. The van der Waals surface area contributed by atoms with Crippen LogP contribution in [0.1, 0.15) is 36.8 Å². The van der Waals surface area contributed by atoms with Crippen molar-refractivity contribution in [2.75, 3.05) is 26.7 Å². The lowest BCUT2D eigenvalue weighted by atomic mass is 10.1. The summed E-state index contributed by atoms with van der Waals surface area (Å²) in [5.74, 6) is 0.178. The third-order valence-corrected chi connectivity index (χ3v) is 7.06. The van der Waals surface area contributed by atoms with E-state index in [9.17, 15) is 24.5 Å². The zero-order valence-electron chi connectivity index (χ0n) is 20.4. The van der Waals surface area contributed by atoms with E-state index in [2.05, 4.69) is 0 Å². The highest BCUT2D eigenvalue weighted by atomic mass is 32.2.